The van der Waals surface area contributed by atoms with Crippen molar-refractivity contribution in [2.45, 2.75) is 12.3 Å². The molecule has 0 bridgehead atoms. The summed E-state index contributed by atoms with van der Waals surface area (Å²) in [6.45, 7) is 0.531. The van der Waals surface area contributed by atoms with E-state index in [0.29, 0.717) is 4.68 Å². The smallest absolute Gasteiger partial charge is 0.378 e. The van der Waals surface area contributed by atoms with Gasteiger partial charge < -0.3 is 9.64 Å². The number of rotatable bonds is 3. The van der Waals surface area contributed by atoms with Gasteiger partial charge in [0.25, 0.3) is 5.91 Å². The van der Waals surface area contributed by atoms with Gasteiger partial charge in [0.2, 0.25) is 0 Å². The number of ether oxygens (including phenoxy) is 1. The highest BCUT2D eigenvalue weighted by Crippen LogP contribution is 2.34. The average molecular weight is 326 g/mol. The Hall–Kier alpha value is -2.42. The van der Waals surface area contributed by atoms with E-state index in [-0.39, 0.29) is 25.0 Å². The number of pyridine rings is 1. The molecule has 0 atom stereocenters. The van der Waals surface area contributed by atoms with Gasteiger partial charge in [0, 0.05) is 26.4 Å². The Kier molecular flexibility index (Phi) is 3.80. The topological polar surface area (TPSA) is 60.2 Å². The van der Waals surface area contributed by atoms with Crippen molar-refractivity contribution in [2.75, 3.05) is 20.2 Å². The van der Waals surface area contributed by atoms with E-state index in [0.717, 1.165) is 6.20 Å². The van der Waals surface area contributed by atoms with E-state index in [1.807, 2.05) is 0 Å². The molecule has 0 N–H and O–H groups in total. The number of hydrogen-bond acceptors (Lipinski definition) is 4. The molecule has 0 aliphatic carbocycles. The second kappa shape index (κ2) is 5.65. The molecule has 3 heterocycles. The summed E-state index contributed by atoms with van der Waals surface area (Å²) in [5.74, 6) is -0.718. The van der Waals surface area contributed by atoms with E-state index in [1.165, 1.54) is 24.3 Å². The highest BCUT2D eigenvalue weighted by molar-refractivity contribution is 5.96. The first-order chi connectivity index (χ1) is 10.9. The molecular weight excluding hydrogens is 313 g/mol. The molecule has 0 radical (unpaired) electrons. The fourth-order valence-electron chi connectivity index (χ4n) is 2.35. The Labute approximate surface area is 129 Å². The SMILES string of the molecule is COC1CN(C(=O)c2cnn(-c3ccccn3)c2C(F)(F)F)C1. The van der Waals surface area contributed by atoms with Crippen LogP contribution in [0.4, 0.5) is 13.2 Å². The number of likely N-dealkylation sites (tertiary alicyclic amines) is 1. The summed E-state index contributed by atoms with van der Waals surface area (Å²) in [5.41, 5.74) is -1.61. The predicted molar refractivity (Wildman–Crippen MR) is 73.1 cm³/mol. The van der Waals surface area contributed by atoms with Crippen molar-refractivity contribution in [3.8, 4) is 5.82 Å². The zero-order chi connectivity index (χ0) is 16.6. The number of methoxy groups -OCH3 is 1. The number of halogens is 3. The quantitative estimate of drug-likeness (QED) is 0.862. The van der Waals surface area contributed by atoms with Crippen LogP contribution >= 0.6 is 0 Å². The van der Waals surface area contributed by atoms with Crippen molar-refractivity contribution >= 4 is 5.91 Å². The highest BCUT2D eigenvalue weighted by Gasteiger charge is 2.43. The standard InChI is InChI=1S/C14H13F3N4O2/c1-23-9-7-20(8-9)13(22)10-6-19-21(12(10)14(15,16)17)11-4-2-3-5-18-11/h2-6,9H,7-8H2,1H3. The van der Waals surface area contributed by atoms with Crippen molar-refractivity contribution in [1.29, 1.82) is 0 Å². The van der Waals surface area contributed by atoms with E-state index in [1.54, 1.807) is 12.1 Å². The summed E-state index contributed by atoms with van der Waals surface area (Å²) in [6.07, 6.45) is -2.58. The summed E-state index contributed by atoms with van der Waals surface area (Å²) in [6, 6.07) is 4.52. The summed E-state index contributed by atoms with van der Waals surface area (Å²) in [4.78, 5) is 17.4. The third kappa shape index (κ3) is 2.79. The number of carbonyl (C=O) groups is 1. The molecule has 0 aromatic carbocycles. The van der Waals surface area contributed by atoms with Crippen molar-refractivity contribution in [1.82, 2.24) is 19.7 Å². The van der Waals surface area contributed by atoms with Gasteiger partial charge in [-0.2, -0.15) is 18.3 Å². The van der Waals surface area contributed by atoms with E-state index in [9.17, 15) is 18.0 Å². The Balaban J connectivity index is 1.99. The van der Waals surface area contributed by atoms with Crippen LogP contribution in [0.1, 0.15) is 16.1 Å². The molecule has 2 aromatic heterocycles. The van der Waals surface area contributed by atoms with Crippen LogP contribution < -0.4 is 0 Å². The van der Waals surface area contributed by atoms with Crippen LogP contribution in [0.2, 0.25) is 0 Å². The number of alkyl halides is 3. The maximum Gasteiger partial charge on any atom is 0.434 e. The Morgan fingerprint density at radius 3 is 2.65 bits per heavy atom. The van der Waals surface area contributed by atoms with Crippen LogP contribution in [-0.2, 0) is 10.9 Å². The molecule has 2 aromatic rings. The van der Waals surface area contributed by atoms with E-state index >= 15 is 0 Å². The Morgan fingerprint density at radius 2 is 2.09 bits per heavy atom. The average Bonchev–Trinajstić information content (AvgIpc) is 2.92. The molecule has 122 valence electrons. The lowest BCUT2D eigenvalue weighted by Gasteiger charge is -2.38. The molecule has 0 unspecified atom stereocenters. The fourth-order valence-corrected chi connectivity index (χ4v) is 2.35. The third-order valence-electron chi connectivity index (χ3n) is 3.60. The molecule has 1 aliphatic rings. The Bertz CT molecular complexity index is 709. The lowest BCUT2D eigenvalue weighted by molar-refractivity contribution is -0.143. The Morgan fingerprint density at radius 1 is 1.35 bits per heavy atom. The van der Waals surface area contributed by atoms with Gasteiger partial charge in [-0.15, -0.1) is 0 Å². The zero-order valence-corrected chi connectivity index (χ0v) is 12.1. The van der Waals surface area contributed by atoms with Gasteiger partial charge in [0.05, 0.1) is 17.9 Å². The van der Waals surface area contributed by atoms with Crippen LogP contribution in [0.15, 0.2) is 30.6 Å². The molecule has 0 saturated carbocycles. The molecular formula is C14H13F3N4O2. The van der Waals surface area contributed by atoms with E-state index < -0.39 is 23.3 Å². The zero-order valence-electron chi connectivity index (χ0n) is 12.1. The van der Waals surface area contributed by atoms with Crippen molar-refractivity contribution in [3.05, 3.63) is 41.9 Å². The van der Waals surface area contributed by atoms with E-state index in [4.69, 9.17) is 4.74 Å². The lowest BCUT2D eigenvalue weighted by atomic mass is 10.1. The first kappa shape index (κ1) is 15.5. The lowest BCUT2D eigenvalue weighted by Crippen LogP contribution is -2.54. The molecule has 1 saturated heterocycles. The number of hydrogen-bond donors (Lipinski definition) is 0. The molecule has 0 spiro atoms. The van der Waals surface area contributed by atoms with Gasteiger partial charge in [-0.25, -0.2) is 9.67 Å². The predicted octanol–water partition coefficient (Wildman–Crippen LogP) is 1.76. The maximum atomic E-state index is 13.4. The van der Waals surface area contributed by atoms with Crippen LogP contribution in [-0.4, -0.2) is 51.9 Å². The summed E-state index contributed by atoms with van der Waals surface area (Å²) >= 11 is 0. The second-order valence-corrected chi connectivity index (χ2v) is 5.07. The molecule has 1 aliphatic heterocycles. The van der Waals surface area contributed by atoms with Gasteiger partial charge in [0.15, 0.2) is 11.5 Å². The first-order valence-electron chi connectivity index (χ1n) is 6.80. The normalized spacial score (nSPS) is 15.6. The van der Waals surface area contributed by atoms with Crippen LogP contribution in [0.25, 0.3) is 5.82 Å². The maximum absolute atomic E-state index is 13.4. The van der Waals surface area contributed by atoms with Crippen LogP contribution in [0.3, 0.4) is 0 Å². The minimum Gasteiger partial charge on any atom is -0.378 e. The van der Waals surface area contributed by atoms with Crippen molar-refractivity contribution < 1.29 is 22.7 Å². The monoisotopic (exact) mass is 326 g/mol. The molecule has 23 heavy (non-hydrogen) atoms. The van der Waals surface area contributed by atoms with E-state index in [2.05, 4.69) is 10.1 Å². The number of amides is 1. The number of aromatic nitrogens is 3. The summed E-state index contributed by atoms with van der Waals surface area (Å²) in [5, 5.41) is 3.71. The van der Waals surface area contributed by atoms with Crippen LogP contribution in [0.5, 0.6) is 0 Å². The van der Waals surface area contributed by atoms with Crippen molar-refractivity contribution in [3.63, 3.8) is 0 Å². The molecule has 1 fully saturated rings. The minimum absolute atomic E-state index is 0.00254. The molecule has 9 heteroatoms. The largest absolute Gasteiger partial charge is 0.434 e. The molecule has 1 amide bonds. The summed E-state index contributed by atoms with van der Waals surface area (Å²) < 4.78 is 46.0. The van der Waals surface area contributed by atoms with Gasteiger partial charge in [-0.3, -0.25) is 4.79 Å². The van der Waals surface area contributed by atoms with Gasteiger partial charge >= 0.3 is 6.18 Å². The van der Waals surface area contributed by atoms with Gasteiger partial charge in [-0.05, 0) is 12.1 Å². The van der Waals surface area contributed by atoms with Crippen molar-refractivity contribution in [2.24, 2.45) is 0 Å². The second-order valence-electron chi connectivity index (χ2n) is 5.07. The third-order valence-corrected chi connectivity index (χ3v) is 3.60. The van der Waals surface area contributed by atoms with Gasteiger partial charge in [-0.1, -0.05) is 6.07 Å². The van der Waals surface area contributed by atoms with Crippen LogP contribution in [0, 0.1) is 0 Å². The first-order valence-corrected chi connectivity index (χ1v) is 6.80. The molecule has 3 rings (SSSR count). The summed E-state index contributed by atoms with van der Waals surface area (Å²) in [7, 11) is 1.49. The van der Waals surface area contributed by atoms with Gasteiger partial charge in [0.1, 0.15) is 0 Å². The minimum atomic E-state index is -4.73. The number of nitrogens with zero attached hydrogens (tertiary/aromatic N) is 4. The highest BCUT2D eigenvalue weighted by atomic mass is 19.4. The fraction of sp³-hybridized carbons (Fsp3) is 0.357. The number of carbonyl (C=O) groups excluding carboxylic acids is 1. The molecule has 6 nitrogen and oxygen atoms in total.